The summed E-state index contributed by atoms with van der Waals surface area (Å²) in [5, 5.41) is 16.5. The molecule has 2 aromatic carbocycles. The molecule has 2 N–H and O–H groups in total. The number of dihydropyridines is 1. The van der Waals surface area contributed by atoms with Crippen molar-refractivity contribution in [3.8, 4) is 11.8 Å². The van der Waals surface area contributed by atoms with Gasteiger partial charge in [-0.15, -0.1) is 0 Å². The van der Waals surface area contributed by atoms with Gasteiger partial charge in [-0.2, -0.15) is 5.26 Å². The molecule has 8 nitrogen and oxygen atoms in total. The number of anilines is 1. The highest BCUT2D eigenvalue weighted by Gasteiger charge is 2.37. The quantitative estimate of drug-likeness (QED) is 0.379. The van der Waals surface area contributed by atoms with Gasteiger partial charge in [0, 0.05) is 11.4 Å². The van der Waals surface area contributed by atoms with E-state index in [4.69, 9.17) is 13.9 Å². The largest absolute Gasteiger partial charge is 0.497 e. The van der Waals surface area contributed by atoms with Crippen molar-refractivity contribution in [3.05, 3.63) is 106 Å². The molecule has 0 fully saturated rings. The number of esters is 1. The summed E-state index contributed by atoms with van der Waals surface area (Å²) < 4.78 is 16.3. The number of benzene rings is 2. The number of hydrogen-bond acceptors (Lipinski definition) is 8. The van der Waals surface area contributed by atoms with E-state index in [9.17, 15) is 14.9 Å². The lowest BCUT2D eigenvalue weighted by Gasteiger charge is -2.28. The third-order valence-corrected chi connectivity index (χ3v) is 6.65. The molecule has 9 heteroatoms. The number of ether oxygens (including phenoxy) is 2. The number of carbonyl (C=O) groups is 2. The Balaban J connectivity index is 1.51. The first-order chi connectivity index (χ1) is 18.0. The summed E-state index contributed by atoms with van der Waals surface area (Å²) in [6.07, 6.45) is 1.49. The lowest BCUT2D eigenvalue weighted by atomic mass is 9.86. The topological polar surface area (TPSA) is 114 Å². The second-order valence-electron chi connectivity index (χ2n) is 8.09. The standard InChI is InChI=1S/C28H25N3O5S/c1-18-25(28(33)36-16-19-7-4-3-5-8-19)26(23-9-6-14-35-23)22(15-29)27(30-18)37-17-24(32)31-20-10-12-21(34-2)13-11-20/h3-14,26,30H,16-17H2,1-2H3,(H,31,32). The minimum absolute atomic E-state index is 0.0471. The van der Waals surface area contributed by atoms with E-state index >= 15 is 0 Å². The Kier molecular flexibility index (Phi) is 8.33. The van der Waals surface area contributed by atoms with Crippen LogP contribution in [0.25, 0.3) is 0 Å². The zero-order valence-electron chi connectivity index (χ0n) is 20.3. The van der Waals surface area contributed by atoms with Gasteiger partial charge in [-0.1, -0.05) is 42.1 Å². The predicted molar refractivity (Wildman–Crippen MR) is 140 cm³/mol. The smallest absolute Gasteiger partial charge is 0.337 e. The Hall–Kier alpha value is -4.42. The van der Waals surface area contributed by atoms with E-state index in [1.165, 1.54) is 18.0 Å². The Labute approximate surface area is 218 Å². The predicted octanol–water partition coefficient (Wildman–Crippen LogP) is 5.10. The maximum atomic E-state index is 13.2. The second-order valence-corrected chi connectivity index (χ2v) is 9.08. The third kappa shape index (κ3) is 6.23. The van der Waals surface area contributed by atoms with Crippen LogP contribution in [0.3, 0.4) is 0 Å². The molecule has 0 radical (unpaired) electrons. The zero-order chi connectivity index (χ0) is 26.2. The summed E-state index contributed by atoms with van der Waals surface area (Å²) >= 11 is 1.18. The SMILES string of the molecule is COc1ccc(NC(=O)CSC2=C(C#N)C(c3ccco3)C(C(=O)OCc3ccccc3)=C(C)N2)cc1. The number of nitrogens with zero attached hydrogens (tertiary/aromatic N) is 1. The van der Waals surface area contributed by atoms with E-state index in [1.807, 2.05) is 30.3 Å². The summed E-state index contributed by atoms with van der Waals surface area (Å²) in [6.45, 7) is 1.83. The fourth-order valence-electron chi connectivity index (χ4n) is 3.85. The van der Waals surface area contributed by atoms with Crippen LogP contribution in [-0.4, -0.2) is 24.7 Å². The minimum atomic E-state index is -0.767. The van der Waals surface area contributed by atoms with Crippen molar-refractivity contribution in [3.63, 3.8) is 0 Å². The van der Waals surface area contributed by atoms with E-state index < -0.39 is 11.9 Å². The van der Waals surface area contributed by atoms with E-state index in [1.54, 1.807) is 50.4 Å². The molecule has 0 bridgehead atoms. The van der Waals surface area contributed by atoms with Gasteiger partial charge in [0.15, 0.2) is 0 Å². The summed E-state index contributed by atoms with van der Waals surface area (Å²) in [5.74, 6) is -0.394. The first-order valence-corrected chi connectivity index (χ1v) is 12.4. The normalized spacial score (nSPS) is 15.0. The molecule has 37 heavy (non-hydrogen) atoms. The van der Waals surface area contributed by atoms with Gasteiger partial charge in [0.05, 0.1) is 47.3 Å². The summed E-state index contributed by atoms with van der Waals surface area (Å²) in [4.78, 5) is 25.8. The van der Waals surface area contributed by atoms with E-state index in [-0.39, 0.29) is 29.4 Å². The van der Waals surface area contributed by atoms with Crippen LogP contribution < -0.4 is 15.4 Å². The van der Waals surface area contributed by atoms with Crippen molar-refractivity contribution in [1.29, 1.82) is 5.26 Å². The van der Waals surface area contributed by atoms with Crippen molar-refractivity contribution in [2.45, 2.75) is 19.4 Å². The zero-order valence-corrected chi connectivity index (χ0v) is 21.1. The lowest BCUT2D eigenvalue weighted by molar-refractivity contribution is -0.140. The number of methoxy groups -OCH3 is 1. The number of allylic oxidation sites excluding steroid dienone is 2. The van der Waals surface area contributed by atoms with Crippen molar-refractivity contribution < 1.29 is 23.5 Å². The molecule has 1 aliphatic rings. The molecular weight excluding hydrogens is 490 g/mol. The Morgan fingerprint density at radius 3 is 2.51 bits per heavy atom. The first-order valence-electron chi connectivity index (χ1n) is 11.4. The summed E-state index contributed by atoms with van der Waals surface area (Å²) in [7, 11) is 1.57. The molecule has 1 aliphatic heterocycles. The third-order valence-electron chi connectivity index (χ3n) is 5.63. The van der Waals surface area contributed by atoms with Gasteiger partial charge in [-0.25, -0.2) is 4.79 Å². The summed E-state index contributed by atoms with van der Waals surface area (Å²) in [5.41, 5.74) is 2.56. The Morgan fingerprint density at radius 1 is 1.11 bits per heavy atom. The van der Waals surface area contributed by atoms with Gasteiger partial charge in [0.1, 0.15) is 18.1 Å². The number of amides is 1. The van der Waals surface area contributed by atoms with E-state index in [0.717, 1.165) is 5.56 Å². The second kappa shape index (κ2) is 12.0. The van der Waals surface area contributed by atoms with E-state index in [2.05, 4.69) is 16.7 Å². The highest BCUT2D eigenvalue weighted by Crippen LogP contribution is 2.41. The number of rotatable bonds is 9. The molecule has 0 saturated carbocycles. The van der Waals surface area contributed by atoms with Crippen LogP contribution in [0.15, 0.2) is 99.3 Å². The maximum absolute atomic E-state index is 13.2. The Morgan fingerprint density at radius 2 is 1.86 bits per heavy atom. The molecule has 3 aromatic rings. The number of thioether (sulfide) groups is 1. The maximum Gasteiger partial charge on any atom is 0.337 e. The van der Waals surface area contributed by atoms with Crippen LogP contribution in [0.2, 0.25) is 0 Å². The van der Waals surface area contributed by atoms with Crippen molar-refractivity contribution in [1.82, 2.24) is 5.32 Å². The number of hydrogen-bond donors (Lipinski definition) is 2. The van der Waals surface area contributed by atoms with Crippen LogP contribution in [-0.2, 0) is 20.9 Å². The summed E-state index contributed by atoms with van der Waals surface area (Å²) in [6, 6.07) is 22.0. The molecular formula is C28H25N3O5S. The number of nitrogens with one attached hydrogen (secondary N) is 2. The van der Waals surface area contributed by atoms with Gasteiger partial charge < -0.3 is 24.5 Å². The van der Waals surface area contributed by atoms with Gasteiger partial charge >= 0.3 is 5.97 Å². The molecule has 4 rings (SSSR count). The number of carbonyl (C=O) groups excluding carboxylic acids is 2. The fourth-order valence-corrected chi connectivity index (χ4v) is 4.74. The van der Waals surface area contributed by atoms with Crippen LogP contribution in [0, 0.1) is 11.3 Å². The molecule has 1 amide bonds. The van der Waals surface area contributed by atoms with Gasteiger partial charge in [0.2, 0.25) is 5.91 Å². The fraction of sp³-hybridized carbons (Fsp3) is 0.179. The van der Waals surface area contributed by atoms with E-state index in [0.29, 0.717) is 27.9 Å². The van der Waals surface area contributed by atoms with Crippen LogP contribution in [0.4, 0.5) is 5.69 Å². The average Bonchev–Trinajstić information content (AvgIpc) is 3.46. The first kappa shape index (κ1) is 25.7. The number of furan rings is 1. The monoisotopic (exact) mass is 515 g/mol. The van der Waals surface area contributed by atoms with Crippen molar-refractivity contribution in [2.24, 2.45) is 0 Å². The van der Waals surface area contributed by atoms with Crippen LogP contribution in [0.5, 0.6) is 5.75 Å². The van der Waals surface area contributed by atoms with Gasteiger partial charge in [-0.05, 0) is 48.9 Å². The molecule has 2 heterocycles. The molecule has 1 aromatic heterocycles. The molecule has 0 saturated heterocycles. The van der Waals surface area contributed by atoms with Gasteiger partial charge in [0.25, 0.3) is 0 Å². The van der Waals surface area contributed by atoms with Crippen LogP contribution >= 0.6 is 11.8 Å². The molecule has 1 unspecified atom stereocenters. The highest BCUT2D eigenvalue weighted by atomic mass is 32.2. The number of nitriles is 1. The lowest BCUT2D eigenvalue weighted by Crippen LogP contribution is -2.29. The Bertz CT molecular complexity index is 1360. The minimum Gasteiger partial charge on any atom is -0.497 e. The van der Waals surface area contributed by atoms with Crippen molar-refractivity contribution >= 4 is 29.3 Å². The van der Waals surface area contributed by atoms with Crippen LogP contribution in [0.1, 0.15) is 24.2 Å². The van der Waals surface area contributed by atoms with Gasteiger partial charge in [-0.3, -0.25) is 4.79 Å². The highest BCUT2D eigenvalue weighted by molar-refractivity contribution is 8.03. The molecule has 0 aliphatic carbocycles. The molecule has 188 valence electrons. The molecule has 0 spiro atoms. The molecule has 1 atom stereocenters. The average molecular weight is 516 g/mol. The van der Waals surface area contributed by atoms with Crippen molar-refractivity contribution in [2.75, 3.05) is 18.2 Å².